The smallest absolute Gasteiger partial charge is 0.126 e. The van der Waals surface area contributed by atoms with Gasteiger partial charge in [-0.25, -0.2) is 4.98 Å². The second-order valence-electron chi connectivity index (χ2n) is 3.62. The summed E-state index contributed by atoms with van der Waals surface area (Å²) in [6, 6.07) is 10.0. The number of aryl methyl sites for hydroxylation is 1. The molecule has 0 aromatic carbocycles. The van der Waals surface area contributed by atoms with E-state index in [0.717, 1.165) is 29.3 Å². The second-order valence-corrected chi connectivity index (χ2v) is 3.62. The molecule has 0 bridgehead atoms. The van der Waals surface area contributed by atoms with Crippen LogP contribution in [-0.4, -0.2) is 16.5 Å². The molecule has 2 aromatic rings. The molecule has 0 aliphatic rings. The van der Waals surface area contributed by atoms with Crippen LogP contribution in [0.3, 0.4) is 0 Å². The standard InChI is InChI=1S/C13H15N3/c1-3-14-13-6-4-5-12(16-13)11-7-8-15-10(2)9-11/h4-9H,3H2,1-2H3,(H,14,16). The summed E-state index contributed by atoms with van der Waals surface area (Å²) < 4.78 is 0. The molecule has 82 valence electrons. The predicted molar refractivity (Wildman–Crippen MR) is 66.4 cm³/mol. The van der Waals surface area contributed by atoms with Crippen LogP contribution in [0.1, 0.15) is 12.6 Å². The number of aromatic nitrogens is 2. The first-order valence-electron chi connectivity index (χ1n) is 5.43. The number of pyridine rings is 2. The van der Waals surface area contributed by atoms with Crippen molar-refractivity contribution >= 4 is 5.82 Å². The van der Waals surface area contributed by atoms with Gasteiger partial charge in [-0.1, -0.05) is 6.07 Å². The van der Waals surface area contributed by atoms with Gasteiger partial charge in [0.15, 0.2) is 0 Å². The Morgan fingerprint density at radius 3 is 2.88 bits per heavy atom. The normalized spacial score (nSPS) is 10.1. The third-order valence-corrected chi connectivity index (χ3v) is 2.30. The molecule has 0 radical (unpaired) electrons. The molecule has 0 saturated heterocycles. The van der Waals surface area contributed by atoms with Crippen molar-refractivity contribution in [3.05, 3.63) is 42.2 Å². The lowest BCUT2D eigenvalue weighted by Gasteiger charge is -2.05. The highest BCUT2D eigenvalue weighted by atomic mass is 15.0. The summed E-state index contributed by atoms with van der Waals surface area (Å²) in [7, 11) is 0. The number of rotatable bonds is 3. The van der Waals surface area contributed by atoms with Crippen molar-refractivity contribution in [2.75, 3.05) is 11.9 Å². The van der Waals surface area contributed by atoms with Crippen LogP contribution in [0, 0.1) is 6.92 Å². The highest BCUT2D eigenvalue weighted by Gasteiger charge is 2.00. The second kappa shape index (κ2) is 4.75. The fourth-order valence-corrected chi connectivity index (χ4v) is 1.58. The van der Waals surface area contributed by atoms with Crippen LogP contribution in [0.25, 0.3) is 11.3 Å². The number of nitrogens with zero attached hydrogens (tertiary/aromatic N) is 2. The molecule has 0 unspecified atom stereocenters. The zero-order chi connectivity index (χ0) is 11.4. The van der Waals surface area contributed by atoms with Crippen LogP contribution in [0.4, 0.5) is 5.82 Å². The molecule has 0 aliphatic heterocycles. The molecule has 0 fully saturated rings. The lowest BCUT2D eigenvalue weighted by Crippen LogP contribution is -1.99. The molecule has 0 aliphatic carbocycles. The number of hydrogen-bond acceptors (Lipinski definition) is 3. The Morgan fingerprint density at radius 1 is 1.25 bits per heavy atom. The van der Waals surface area contributed by atoms with Gasteiger partial charge in [0.25, 0.3) is 0 Å². The van der Waals surface area contributed by atoms with Gasteiger partial charge in [0.05, 0.1) is 5.69 Å². The van der Waals surface area contributed by atoms with Gasteiger partial charge in [-0.3, -0.25) is 4.98 Å². The van der Waals surface area contributed by atoms with Crippen molar-refractivity contribution in [2.24, 2.45) is 0 Å². The van der Waals surface area contributed by atoms with E-state index in [1.807, 2.05) is 43.5 Å². The van der Waals surface area contributed by atoms with Gasteiger partial charge in [-0.15, -0.1) is 0 Å². The summed E-state index contributed by atoms with van der Waals surface area (Å²) in [5, 5.41) is 3.21. The molecule has 0 amide bonds. The highest BCUT2D eigenvalue weighted by molar-refractivity contribution is 5.61. The Kier molecular flexibility index (Phi) is 3.15. The SMILES string of the molecule is CCNc1cccc(-c2ccnc(C)c2)n1. The maximum atomic E-state index is 4.53. The first-order chi connectivity index (χ1) is 7.79. The molecule has 0 atom stereocenters. The minimum Gasteiger partial charge on any atom is -0.370 e. The van der Waals surface area contributed by atoms with E-state index in [2.05, 4.69) is 22.2 Å². The zero-order valence-corrected chi connectivity index (χ0v) is 9.57. The van der Waals surface area contributed by atoms with Gasteiger partial charge >= 0.3 is 0 Å². The maximum absolute atomic E-state index is 4.53. The number of nitrogens with one attached hydrogen (secondary N) is 1. The minimum atomic E-state index is 0.881. The summed E-state index contributed by atoms with van der Waals surface area (Å²) in [5.74, 6) is 0.912. The summed E-state index contributed by atoms with van der Waals surface area (Å²) in [6.45, 7) is 4.93. The van der Waals surface area contributed by atoms with E-state index in [0.29, 0.717) is 0 Å². The summed E-state index contributed by atoms with van der Waals surface area (Å²) in [4.78, 5) is 8.72. The lowest BCUT2D eigenvalue weighted by atomic mass is 10.1. The van der Waals surface area contributed by atoms with E-state index < -0.39 is 0 Å². The van der Waals surface area contributed by atoms with Gasteiger partial charge in [0.2, 0.25) is 0 Å². The average Bonchev–Trinajstić information content (AvgIpc) is 2.30. The Morgan fingerprint density at radius 2 is 2.12 bits per heavy atom. The zero-order valence-electron chi connectivity index (χ0n) is 9.57. The van der Waals surface area contributed by atoms with Crippen molar-refractivity contribution < 1.29 is 0 Å². The third kappa shape index (κ3) is 2.37. The Balaban J connectivity index is 2.36. The molecule has 0 spiro atoms. The van der Waals surface area contributed by atoms with E-state index >= 15 is 0 Å². The van der Waals surface area contributed by atoms with Crippen LogP contribution in [0.15, 0.2) is 36.5 Å². The number of anilines is 1. The first-order valence-corrected chi connectivity index (χ1v) is 5.43. The lowest BCUT2D eigenvalue weighted by molar-refractivity contribution is 1.15. The molecule has 16 heavy (non-hydrogen) atoms. The van der Waals surface area contributed by atoms with Gasteiger partial charge in [0, 0.05) is 24.0 Å². The van der Waals surface area contributed by atoms with Crippen LogP contribution in [0.2, 0.25) is 0 Å². The monoisotopic (exact) mass is 213 g/mol. The molecule has 3 heteroatoms. The van der Waals surface area contributed by atoms with E-state index in [-0.39, 0.29) is 0 Å². The van der Waals surface area contributed by atoms with Gasteiger partial charge in [-0.05, 0) is 38.1 Å². The van der Waals surface area contributed by atoms with Gasteiger partial charge < -0.3 is 5.32 Å². The molecule has 2 rings (SSSR count). The van der Waals surface area contributed by atoms with Crippen LogP contribution in [-0.2, 0) is 0 Å². The Bertz CT molecular complexity index is 480. The van der Waals surface area contributed by atoms with Gasteiger partial charge in [-0.2, -0.15) is 0 Å². The quantitative estimate of drug-likeness (QED) is 0.851. The largest absolute Gasteiger partial charge is 0.370 e. The fourth-order valence-electron chi connectivity index (χ4n) is 1.58. The maximum Gasteiger partial charge on any atom is 0.126 e. The van der Waals surface area contributed by atoms with Gasteiger partial charge in [0.1, 0.15) is 5.82 Å². The van der Waals surface area contributed by atoms with Crippen LogP contribution in [0.5, 0.6) is 0 Å². The van der Waals surface area contributed by atoms with E-state index in [4.69, 9.17) is 0 Å². The minimum absolute atomic E-state index is 0.881. The average molecular weight is 213 g/mol. The van der Waals surface area contributed by atoms with Crippen molar-refractivity contribution in [3.8, 4) is 11.3 Å². The first kappa shape index (κ1) is 10.6. The van der Waals surface area contributed by atoms with E-state index in [1.54, 1.807) is 0 Å². The molecule has 1 N–H and O–H groups in total. The van der Waals surface area contributed by atoms with E-state index in [1.165, 1.54) is 0 Å². The predicted octanol–water partition coefficient (Wildman–Crippen LogP) is 2.88. The molecule has 0 saturated carbocycles. The molecule has 2 heterocycles. The number of hydrogen-bond donors (Lipinski definition) is 1. The topological polar surface area (TPSA) is 37.8 Å². The van der Waals surface area contributed by atoms with E-state index in [9.17, 15) is 0 Å². The molecule has 2 aromatic heterocycles. The third-order valence-electron chi connectivity index (χ3n) is 2.30. The van der Waals surface area contributed by atoms with Crippen molar-refractivity contribution in [1.82, 2.24) is 9.97 Å². The van der Waals surface area contributed by atoms with Crippen molar-refractivity contribution in [2.45, 2.75) is 13.8 Å². The summed E-state index contributed by atoms with van der Waals surface area (Å²) in [6.07, 6.45) is 1.81. The molecular formula is C13H15N3. The summed E-state index contributed by atoms with van der Waals surface area (Å²) >= 11 is 0. The Labute approximate surface area is 95.6 Å². The summed E-state index contributed by atoms with van der Waals surface area (Å²) in [5.41, 5.74) is 3.09. The molecule has 3 nitrogen and oxygen atoms in total. The van der Waals surface area contributed by atoms with Crippen LogP contribution < -0.4 is 5.32 Å². The molecular weight excluding hydrogens is 198 g/mol. The highest BCUT2D eigenvalue weighted by Crippen LogP contribution is 2.18. The fraction of sp³-hybridized carbons (Fsp3) is 0.231. The van der Waals surface area contributed by atoms with Crippen LogP contribution >= 0.6 is 0 Å². The van der Waals surface area contributed by atoms with Crippen molar-refractivity contribution in [1.29, 1.82) is 0 Å². The van der Waals surface area contributed by atoms with Crippen molar-refractivity contribution in [3.63, 3.8) is 0 Å². The Hall–Kier alpha value is -1.90.